The maximum Gasteiger partial charge on any atom is 0.267 e. The van der Waals surface area contributed by atoms with Crippen molar-refractivity contribution < 1.29 is 4.79 Å². The summed E-state index contributed by atoms with van der Waals surface area (Å²) in [5.41, 5.74) is 4.39. The zero-order chi connectivity index (χ0) is 20.5. The Morgan fingerprint density at radius 1 is 1.13 bits per heavy atom. The molecule has 0 saturated carbocycles. The molecule has 0 radical (unpaired) electrons. The van der Waals surface area contributed by atoms with Crippen LogP contribution in [0.4, 0.5) is 16.5 Å². The summed E-state index contributed by atoms with van der Waals surface area (Å²) in [6.45, 7) is 0. The smallest absolute Gasteiger partial charge is 0.267 e. The summed E-state index contributed by atoms with van der Waals surface area (Å²) in [7, 11) is 0. The zero-order valence-corrected chi connectivity index (χ0v) is 17.3. The van der Waals surface area contributed by atoms with Crippen LogP contribution in [0.5, 0.6) is 0 Å². The predicted molar refractivity (Wildman–Crippen MR) is 118 cm³/mol. The summed E-state index contributed by atoms with van der Waals surface area (Å²) in [5, 5.41) is 14.8. The van der Waals surface area contributed by atoms with Gasteiger partial charge in [0, 0.05) is 28.7 Å². The molecule has 0 aliphatic heterocycles. The fourth-order valence-corrected chi connectivity index (χ4v) is 4.12. The number of carbonyl (C=O) groups excluding carboxylic acids is 1. The highest BCUT2D eigenvalue weighted by molar-refractivity contribution is 7.11. The summed E-state index contributed by atoms with van der Waals surface area (Å²) < 4.78 is 4.38. The average Bonchev–Trinajstić information content (AvgIpc) is 3.52. The summed E-state index contributed by atoms with van der Waals surface area (Å²) in [6, 6.07) is 5.50. The number of anilines is 3. The van der Waals surface area contributed by atoms with E-state index < -0.39 is 0 Å². The highest BCUT2D eigenvalue weighted by Crippen LogP contribution is 2.33. The molecule has 0 aliphatic carbocycles. The van der Waals surface area contributed by atoms with Crippen molar-refractivity contribution in [1.29, 1.82) is 0 Å². The van der Waals surface area contributed by atoms with Crippen LogP contribution in [0.25, 0.3) is 22.3 Å². The van der Waals surface area contributed by atoms with Gasteiger partial charge in [0.25, 0.3) is 5.91 Å². The monoisotopic (exact) mass is 454 g/mol. The van der Waals surface area contributed by atoms with Gasteiger partial charge in [-0.15, -0.1) is 11.3 Å². The number of aromatic amines is 1. The minimum Gasteiger partial charge on any atom is -0.329 e. The predicted octanol–water partition coefficient (Wildman–Crippen LogP) is 4.58. The summed E-state index contributed by atoms with van der Waals surface area (Å²) in [5.74, 6) is 0.249. The number of halogens is 1. The third kappa shape index (κ3) is 3.61. The first kappa shape index (κ1) is 18.6. The van der Waals surface area contributed by atoms with Crippen LogP contribution in [0.15, 0.2) is 48.5 Å². The van der Waals surface area contributed by atoms with Crippen molar-refractivity contribution in [1.82, 2.24) is 29.5 Å². The molecule has 0 bridgehead atoms. The first-order valence-electron chi connectivity index (χ1n) is 8.55. The molecule has 0 atom stereocenters. The Morgan fingerprint density at radius 2 is 2.07 bits per heavy atom. The van der Waals surface area contributed by atoms with Crippen molar-refractivity contribution in [2.24, 2.45) is 0 Å². The Morgan fingerprint density at radius 3 is 2.93 bits per heavy atom. The lowest BCUT2D eigenvalue weighted by Gasteiger charge is -2.05. The van der Waals surface area contributed by atoms with Crippen LogP contribution in [-0.2, 0) is 0 Å². The molecule has 0 fully saturated rings. The van der Waals surface area contributed by atoms with E-state index >= 15 is 0 Å². The summed E-state index contributed by atoms with van der Waals surface area (Å²) in [4.78, 5) is 25.3. The Hall–Kier alpha value is -3.41. The van der Waals surface area contributed by atoms with Crippen LogP contribution in [0.2, 0.25) is 5.02 Å². The van der Waals surface area contributed by atoms with Gasteiger partial charge in [-0.05, 0) is 18.2 Å². The van der Waals surface area contributed by atoms with Gasteiger partial charge in [0.1, 0.15) is 4.88 Å². The zero-order valence-electron chi connectivity index (χ0n) is 15.0. The fraction of sp³-hybridized carbons (Fsp3) is 0. The third-order valence-electron chi connectivity index (χ3n) is 4.14. The topological polar surface area (TPSA) is 121 Å². The second-order valence-corrected chi connectivity index (χ2v) is 8.10. The van der Waals surface area contributed by atoms with Crippen LogP contribution in [0.1, 0.15) is 9.67 Å². The maximum atomic E-state index is 12.2. The Kier molecular flexibility index (Phi) is 4.83. The van der Waals surface area contributed by atoms with E-state index in [2.05, 4.69) is 40.2 Å². The molecule has 0 saturated heterocycles. The average molecular weight is 455 g/mol. The van der Waals surface area contributed by atoms with E-state index in [-0.39, 0.29) is 5.91 Å². The van der Waals surface area contributed by atoms with Gasteiger partial charge in [-0.3, -0.25) is 19.9 Å². The number of benzene rings is 1. The number of fused-ring (bicyclic) bond motifs is 1. The van der Waals surface area contributed by atoms with E-state index in [4.69, 9.17) is 11.6 Å². The SMILES string of the molecule is O=C(Nc1cncc(-c2nsc(Nc3ccc4[nH]ncc4c3Cl)n2)c1)c1cncs1. The first-order chi connectivity index (χ1) is 14.7. The number of nitrogens with one attached hydrogen (secondary N) is 3. The number of hydrogen-bond donors (Lipinski definition) is 3. The van der Waals surface area contributed by atoms with Crippen LogP contribution in [0.3, 0.4) is 0 Å². The van der Waals surface area contributed by atoms with E-state index in [1.54, 1.807) is 30.2 Å². The molecular weight excluding hydrogens is 444 g/mol. The number of hydrogen-bond acceptors (Lipinski definition) is 9. The van der Waals surface area contributed by atoms with Crippen LogP contribution < -0.4 is 10.6 Å². The molecule has 3 N–H and O–H groups in total. The second kappa shape index (κ2) is 7.78. The number of nitrogens with zero attached hydrogens (tertiary/aromatic N) is 5. The van der Waals surface area contributed by atoms with Gasteiger partial charge in [-0.1, -0.05) is 11.6 Å². The largest absolute Gasteiger partial charge is 0.329 e. The van der Waals surface area contributed by atoms with Crippen molar-refractivity contribution in [2.75, 3.05) is 10.6 Å². The van der Waals surface area contributed by atoms with E-state index in [9.17, 15) is 4.79 Å². The molecule has 0 unspecified atom stereocenters. The molecule has 1 aromatic carbocycles. The second-order valence-electron chi connectivity index (χ2n) is 6.09. The number of carbonyl (C=O) groups is 1. The van der Waals surface area contributed by atoms with Crippen LogP contribution in [0, 0.1) is 0 Å². The number of rotatable bonds is 5. The number of thiazole rings is 1. The van der Waals surface area contributed by atoms with Crippen molar-refractivity contribution in [3.05, 3.63) is 58.4 Å². The van der Waals surface area contributed by atoms with Crippen LogP contribution >= 0.6 is 34.5 Å². The molecule has 5 aromatic rings. The van der Waals surface area contributed by atoms with Crippen molar-refractivity contribution >= 4 is 67.8 Å². The normalized spacial score (nSPS) is 11.0. The molecule has 4 heterocycles. The molecule has 12 heteroatoms. The van der Waals surface area contributed by atoms with E-state index in [1.807, 2.05) is 12.1 Å². The maximum absolute atomic E-state index is 12.2. The molecular formula is C18H11ClN8OS2. The lowest BCUT2D eigenvalue weighted by atomic mass is 10.2. The van der Waals surface area contributed by atoms with Gasteiger partial charge >= 0.3 is 0 Å². The quantitative estimate of drug-likeness (QED) is 0.355. The van der Waals surface area contributed by atoms with Crippen molar-refractivity contribution in [3.63, 3.8) is 0 Å². The van der Waals surface area contributed by atoms with E-state index in [1.165, 1.54) is 29.1 Å². The van der Waals surface area contributed by atoms with Gasteiger partial charge < -0.3 is 10.6 Å². The fourth-order valence-electron chi connectivity index (χ4n) is 2.74. The molecule has 0 aliphatic rings. The lowest BCUT2D eigenvalue weighted by Crippen LogP contribution is -2.10. The minimum atomic E-state index is -0.241. The molecule has 5 rings (SSSR count). The molecule has 9 nitrogen and oxygen atoms in total. The van der Waals surface area contributed by atoms with Crippen molar-refractivity contribution in [2.45, 2.75) is 0 Å². The third-order valence-corrected chi connectivity index (χ3v) is 5.95. The molecule has 148 valence electrons. The number of amides is 1. The highest BCUT2D eigenvalue weighted by Gasteiger charge is 2.13. The van der Waals surface area contributed by atoms with E-state index in [0.717, 1.165) is 10.9 Å². The van der Waals surface area contributed by atoms with E-state index in [0.29, 0.717) is 37.8 Å². The van der Waals surface area contributed by atoms with Gasteiger partial charge in [-0.2, -0.15) is 14.5 Å². The standard InChI is InChI=1S/C18H11ClN8OS2/c19-15-11-6-22-26-12(11)1-2-13(15)24-18-25-16(27-30-18)9-3-10(5-20-4-9)23-17(28)14-7-21-8-29-14/h1-8H,(H,22,26)(H,23,28)(H,24,25,27). The van der Waals surface area contributed by atoms with Gasteiger partial charge in [0.2, 0.25) is 5.13 Å². The molecule has 30 heavy (non-hydrogen) atoms. The first-order valence-corrected chi connectivity index (χ1v) is 10.6. The number of H-pyrrole nitrogens is 1. The molecule has 0 spiro atoms. The summed E-state index contributed by atoms with van der Waals surface area (Å²) >= 11 is 8.91. The minimum absolute atomic E-state index is 0.241. The molecule has 1 amide bonds. The number of pyridine rings is 1. The highest BCUT2D eigenvalue weighted by atomic mass is 35.5. The van der Waals surface area contributed by atoms with Crippen molar-refractivity contribution in [3.8, 4) is 11.4 Å². The summed E-state index contributed by atoms with van der Waals surface area (Å²) in [6.07, 6.45) is 6.39. The van der Waals surface area contributed by atoms with Gasteiger partial charge in [0.05, 0.1) is 46.0 Å². The Labute approximate surface area is 182 Å². The number of aromatic nitrogens is 6. The van der Waals surface area contributed by atoms with Crippen LogP contribution in [-0.4, -0.2) is 35.4 Å². The Bertz CT molecular complexity index is 1350. The molecule has 4 aromatic heterocycles. The lowest BCUT2D eigenvalue weighted by molar-refractivity contribution is 0.103. The Balaban J connectivity index is 1.36. The van der Waals surface area contributed by atoms with Gasteiger partial charge in [0.15, 0.2) is 5.82 Å². The van der Waals surface area contributed by atoms with Gasteiger partial charge in [-0.25, -0.2) is 0 Å².